The molecule has 0 saturated carbocycles. The van der Waals surface area contributed by atoms with Gasteiger partial charge in [0.05, 0.1) is 17.8 Å². The third-order valence-corrected chi connectivity index (χ3v) is 5.56. The summed E-state index contributed by atoms with van der Waals surface area (Å²) in [7, 11) is 1.70. The van der Waals surface area contributed by atoms with E-state index in [1.807, 2.05) is 27.7 Å². The fourth-order valence-electron chi connectivity index (χ4n) is 3.15. The Labute approximate surface area is 188 Å². The van der Waals surface area contributed by atoms with E-state index < -0.39 is 0 Å². The normalized spacial score (nSPS) is 12.2. The molecule has 180 valence electrons. The summed E-state index contributed by atoms with van der Waals surface area (Å²) >= 11 is 0. The van der Waals surface area contributed by atoms with E-state index in [0.29, 0.717) is 19.1 Å². The molecular formula is C26H53NO3. The molecule has 4 heteroatoms. The van der Waals surface area contributed by atoms with Gasteiger partial charge in [-0.25, -0.2) is 0 Å². The van der Waals surface area contributed by atoms with Crippen LogP contribution in [0, 0.1) is 0 Å². The van der Waals surface area contributed by atoms with Crippen molar-refractivity contribution >= 4 is 0 Å². The molecule has 0 aliphatic carbocycles. The monoisotopic (exact) mass is 427 g/mol. The first kappa shape index (κ1) is 29.3. The smallest absolute Gasteiger partial charge is 0.179 e. The molecule has 0 bridgehead atoms. The number of methoxy groups -OCH3 is 1. The zero-order valence-corrected chi connectivity index (χ0v) is 21.2. The topological polar surface area (TPSA) is 39.7 Å². The first-order valence-electron chi connectivity index (χ1n) is 12.5. The Hall–Kier alpha value is -0.740. The average molecular weight is 428 g/mol. The molecule has 0 atom stereocenters. The highest BCUT2D eigenvalue weighted by atomic mass is 16.6. The fourth-order valence-corrected chi connectivity index (χ4v) is 3.15. The van der Waals surface area contributed by atoms with Gasteiger partial charge in [0.2, 0.25) is 0 Å². The minimum Gasteiger partial charge on any atom is -0.477 e. The molecule has 0 aliphatic rings. The van der Waals surface area contributed by atoms with Gasteiger partial charge in [-0.2, -0.15) is 0 Å². The standard InChI is InChI=1S/C26H53NO3/c1-8-9-10-11-12-13-14-15-16-17-18-19-20-21-27-24(2)29-22-26(5,6)30-23-25(3,4)28-7/h27H,2,8-23H2,1,3-7H3. The molecule has 1 N–H and O–H groups in total. The third kappa shape index (κ3) is 19.2. The SMILES string of the molecule is C=C(NCCCCCCCCCCCCCCC)OCC(C)(C)OCC(C)(C)OC. The van der Waals surface area contributed by atoms with Crippen LogP contribution in [-0.4, -0.2) is 38.1 Å². The highest BCUT2D eigenvalue weighted by Crippen LogP contribution is 2.17. The lowest BCUT2D eigenvalue weighted by Gasteiger charge is -2.31. The molecule has 30 heavy (non-hydrogen) atoms. The van der Waals surface area contributed by atoms with Gasteiger partial charge < -0.3 is 19.5 Å². The molecule has 0 radical (unpaired) electrons. The highest BCUT2D eigenvalue weighted by molar-refractivity contribution is 4.82. The Morgan fingerprint density at radius 1 is 0.700 bits per heavy atom. The molecule has 0 aromatic rings. The van der Waals surface area contributed by atoms with Crippen molar-refractivity contribution in [2.24, 2.45) is 0 Å². The summed E-state index contributed by atoms with van der Waals surface area (Å²) in [5.74, 6) is 0.636. The van der Waals surface area contributed by atoms with E-state index in [2.05, 4.69) is 18.8 Å². The van der Waals surface area contributed by atoms with Crippen LogP contribution >= 0.6 is 0 Å². The van der Waals surface area contributed by atoms with Gasteiger partial charge in [-0.3, -0.25) is 0 Å². The lowest BCUT2D eigenvalue weighted by Crippen LogP contribution is -2.39. The Balaban J connectivity index is 3.49. The number of ether oxygens (including phenoxy) is 3. The van der Waals surface area contributed by atoms with E-state index in [-0.39, 0.29) is 11.2 Å². The third-order valence-electron chi connectivity index (χ3n) is 5.56. The molecule has 0 aliphatic heterocycles. The second kappa shape index (κ2) is 17.9. The molecule has 0 aromatic heterocycles. The van der Waals surface area contributed by atoms with E-state index in [1.165, 1.54) is 83.5 Å². The maximum atomic E-state index is 5.94. The van der Waals surface area contributed by atoms with Crippen molar-refractivity contribution in [3.05, 3.63) is 12.5 Å². The van der Waals surface area contributed by atoms with Gasteiger partial charge >= 0.3 is 0 Å². The van der Waals surface area contributed by atoms with Crippen LogP contribution < -0.4 is 5.32 Å². The number of hydrogen-bond donors (Lipinski definition) is 1. The van der Waals surface area contributed by atoms with Crippen LogP contribution in [0.3, 0.4) is 0 Å². The van der Waals surface area contributed by atoms with Crippen molar-refractivity contribution in [2.45, 2.75) is 129 Å². The van der Waals surface area contributed by atoms with Gasteiger partial charge in [-0.05, 0) is 40.7 Å². The number of nitrogens with one attached hydrogen (secondary N) is 1. The van der Waals surface area contributed by atoms with Crippen molar-refractivity contribution in [3.8, 4) is 0 Å². The molecule has 4 nitrogen and oxygen atoms in total. The molecule has 0 heterocycles. The number of unbranched alkanes of at least 4 members (excludes halogenated alkanes) is 12. The Kier molecular flexibility index (Phi) is 17.5. The van der Waals surface area contributed by atoms with Crippen molar-refractivity contribution in [2.75, 3.05) is 26.9 Å². The average Bonchev–Trinajstić information content (AvgIpc) is 2.71. The Bertz CT molecular complexity index is 407. The van der Waals surface area contributed by atoms with Crippen LogP contribution in [0.4, 0.5) is 0 Å². The molecule has 0 fully saturated rings. The van der Waals surface area contributed by atoms with E-state index in [9.17, 15) is 0 Å². The summed E-state index contributed by atoms with van der Waals surface area (Å²) in [4.78, 5) is 0. The minimum absolute atomic E-state index is 0.291. The quantitative estimate of drug-likeness (QED) is 0.144. The summed E-state index contributed by atoms with van der Waals surface area (Å²) < 4.78 is 17.1. The molecule has 0 saturated heterocycles. The van der Waals surface area contributed by atoms with Gasteiger partial charge in [0.25, 0.3) is 0 Å². The summed E-state index contributed by atoms with van der Waals surface area (Å²) in [5.41, 5.74) is -0.670. The van der Waals surface area contributed by atoms with Crippen molar-refractivity contribution in [1.82, 2.24) is 5.32 Å². The summed E-state index contributed by atoms with van der Waals surface area (Å²) in [6, 6.07) is 0. The molecule has 0 unspecified atom stereocenters. The van der Waals surface area contributed by atoms with Gasteiger partial charge in [-0.15, -0.1) is 0 Å². The van der Waals surface area contributed by atoms with Crippen LogP contribution in [0.1, 0.15) is 118 Å². The predicted octanol–water partition coefficient (Wildman–Crippen LogP) is 7.38. The van der Waals surface area contributed by atoms with Crippen molar-refractivity contribution in [3.63, 3.8) is 0 Å². The van der Waals surface area contributed by atoms with Gasteiger partial charge in [0, 0.05) is 13.7 Å². The van der Waals surface area contributed by atoms with Gasteiger partial charge in [0.1, 0.15) is 6.61 Å². The highest BCUT2D eigenvalue weighted by Gasteiger charge is 2.25. The van der Waals surface area contributed by atoms with E-state index in [0.717, 1.165) is 6.54 Å². The Morgan fingerprint density at radius 2 is 1.17 bits per heavy atom. The van der Waals surface area contributed by atoms with Crippen molar-refractivity contribution in [1.29, 1.82) is 0 Å². The van der Waals surface area contributed by atoms with Gasteiger partial charge in [0.15, 0.2) is 5.88 Å². The molecular weight excluding hydrogens is 374 g/mol. The van der Waals surface area contributed by atoms with Crippen LogP contribution in [0.15, 0.2) is 12.5 Å². The summed E-state index contributed by atoms with van der Waals surface area (Å²) in [6.45, 7) is 16.3. The largest absolute Gasteiger partial charge is 0.477 e. The molecule has 0 rings (SSSR count). The zero-order chi connectivity index (χ0) is 22.7. The van der Waals surface area contributed by atoms with Crippen LogP contribution in [0.25, 0.3) is 0 Å². The fraction of sp³-hybridized carbons (Fsp3) is 0.923. The lowest BCUT2D eigenvalue weighted by atomic mass is 10.0. The maximum Gasteiger partial charge on any atom is 0.179 e. The first-order valence-corrected chi connectivity index (χ1v) is 12.5. The second-order valence-corrected chi connectivity index (χ2v) is 9.89. The zero-order valence-electron chi connectivity index (χ0n) is 21.2. The lowest BCUT2D eigenvalue weighted by molar-refractivity contribution is -0.124. The number of rotatable bonds is 22. The Morgan fingerprint density at radius 3 is 1.63 bits per heavy atom. The van der Waals surface area contributed by atoms with E-state index >= 15 is 0 Å². The summed E-state index contributed by atoms with van der Waals surface area (Å²) in [5, 5.41) is 3.28. The first-order chi connectivity index (χ1) is 14.2. The second-order valence-electron chi connectivity index (χ2n) is 9.89. The molecule has 0 aromatic carbocycles. The summed E-state index contributed by atoms with van der Waals surface area (Å²) in [6.07, 6.45) is 17.9. The van der Waals surface area contributed by atoms with Crippen LogP contribution in [0.2, 0.25) is 0 Å². The molecule has 0 amide bonds. The number of hydrogen-bond acceptors (Lipinski definition) is 4. The van der Waals surface area contributed by atoms with Crippen LogP contribution in [-0.2, 0) is 14.2 Å². The predicted molar refractivity (Wildman–Crippen MR) is 130 cm³/mol. The van der Waals surface area contributed by atoms with E-state index in [4.69, 9.17) is 14.2 Å². The van der Waals surface area contributed by atoms with E-state index in [1.54, 1.807) is 7.11 Å². The van der Waals surface area contributed by atoms with Crippen molar-refractivity contribution < 1.29 is 14.2 Å². The minimum atomic E-state index is -0.379. The van der Waals surface area contributed by atoms with Crippen LogP contribution in [0.5, 0.6) is 0 Å². The van der Waals surface area contributed by atoms with Gasteiger partial charge in [-0.1, -0.05) is 84.0 Å². The maximum absolute atomic E-state index is 5.94. The molecule has 0 spiro atoms.